The SMILES string of the molecule is CCN(CC(C)CN)S(=O)(=O)c1ccc(NC(C)=O)cc1. The number of sulfonamides is 1. The Bertz CT molecular complexity index is 570. The summed E-state index contributed by atoms with van der Waals surface area (Å²) in [6, 6.07) is 6.15. The van der Waals surface area contributed by atoms with Gasteiger partial charge in [0.05, 0.1) is 4.90 Å². The smallest absolute Gasteiger partial charge is 0.243 e. The van der Waals surface area contributed by atoms with Crippen LogP contribution in [0.4, 0.5) is 5.69 Å². The van der Waals surface area contributed by atoms with Crippen molar-refractivity contribution in [3.8, 4) is 0 Å². The number of hydrogen-bond acceptors (Lipinski definition) is 4. The van der Waals surface area contributed by atoms with Gasteiger partial charge < -0.3 is 11.1 Å². The zero-order chi connectivity index (χ0) is 16.0. The second kappa shape index (κ2) is 7.53. The van der Waals surface area contributed by atoms with Gasteiger partial charge in [-0.05, 0) is 36.7 Å². The molecule has 1 aromatic carbocycles. The van der Waals surface area contributed by atoms with Crippen LogP contribution in [0, 0.1) is 5.92 Å². The second-order valence-corrected chi connectivity index (χ2v) is 6.94. The van der Waals surface area contributed by atoms with Crippen LogP contribution in [-0.4, -0.2) is 38.3 Å². The molecule has 0 saturated carbocycles. The molecule has 0 heterocycles. The van der Waals surface area contributed by atoms with Crippen molar-refractivity contribution < 1.29 is 13.2 Å². The van der Waals surface area contributed by atoms with Gasteiger partial charge in [0.15, 0.2) is 0 Å². The van der Waals surface area contributed by atoms with E-state index < -0.39 is 10.0 Å². The molecule has 0 aromatic heterocycles. The van der Waals surface area contributed by atoms with E-state index in [0.29, 0.717) is 25.3 Å². The predicted molar refractivity (Wildman–Crippen MR) is 83.4 cm³/mol. The summed E-state index contributed by atoms with van der Waals surface area (Å²) < 4.78 is 26.5. The maximum atomic E-state index is 12.5. The molecule has 1 amide bonds. The minimum absolute atomic E-state index is 0.0957. The number of carbonyl (C=O) groups excluding carboxylic acids is 1. The molecular formula is C14H23N3O3S. The third-order valence-corrected chi connectivity index (χ3v) is 5.04. The zero-order valence-electron chi connectivity index (χ0n) is 12.7. The van der Waals surface area contributed by atoms with E-state index in [1.54, 1.807) is 19.1 Å². The molecule has 0 aliphatic heterocycles. The number of anilines is 1. The molecule has 21 heavy (non-hydrogen) atoms. The van der Waals surface area contributed by atoms with Gasteiger partial charge in [-0.3, -0.25) is 4.79 Å². The van der Waals surface area contributed by atoms with Gasteiger partial charge in [0.2, 0.25) is 15.9 Å². The highest BCUT2D eigenvalue weighted by molar-refractivity contribution is 7.89. The van der Waals surface area contributed by atoms with Gasteiger partial charge in [0, 0.05) is 25.7 Å². The molecule has 1 atom stereocenters. The van der Waals surface area contributed by atoms with Crippen LogP contribution in [0.3, 0.4) is 0 Å². The van der Waals surface area contributed by atoms with Crippen LogP contribution in [-0.2, 0) is 14.8 Å². The van der Waals surface area contributed by atoms with Crippen LogP contribution in [0.1, 0.15) is 20.8 Å². The van der Waals surface area contributed by atoms with Gasteiger partial charge in [-0.15, -0.1) is 0 Å². The van der Waals surface area contributed by atoms with Crippen molar-refractivity contribution in [3.05, 3.63) is 24.3 Å². The normalized spacial score (nSPS) is 13.2. The minimum Gasteiger partial charge on any atom is -0.330 e. The highest BCUT2D eigenvalue weighted by Crippen LogP contribution is 2.19. The van der Waals surface area contributed by atoms with Gasteiger partial charge in [-0.25, -0.2) is 8.42 Å². The highest BCUT2D eigenvalue weighted by Gasteiger charge is 2.24. The van der Waals surface area contributed by atoms with Crippen molar-refractivity contribution in [1.82, 2.24) is 4.31 Å². The molecule has 118 valence electrons. The van der Waals surface area contributed by atoms with E-state index in [-0.39, 0.29) is 16.7 Å². The Morgan fingerprint density at radius 2 is 1.90 bits per heavy atom. The van der Waals surface area contributed by atoms with Crippen LogP contribution in [0.25, 0.3) is 0 Å². The Kier molecular flexibility index (Phi) is 6.32. The third-order valence-electron chi connectivity index (χ3n) is 3.08. The van der Waals surface area contributed by atoms with E-state index in [1.807, 2.05) is 6.92 Å². The summed E-state index contributed by atoms with van der Waals surface area (Å²) in [5.41, 5.74) is 6.13. The van der Waals surface area contributed by atoms with Crippen molar-refractivity contribution in [1.29, 1.82) is 0 Å². The van der Waals surface area contributed by atoms with Crippen molar-refractivity contribution in [2.24, 2.45) is 11.7 Å². The van der Waals surface area contributed by atoms with Gasteiger partial charge >= 0.3 is 0 Å². The summed E-state index contributed by atoms with van der Waals surface area (Å²) in [4.78, 5) is 11.2. The van der Waals surface area contributed by atoms with E-state index in [0.717, 1.165) is 0 Å². The number of benzene rings is 1. The lowest BCUT2D eigenvalue weighted by Crippen LogP contribution is -2.36. The summed E-state index contributed by atoms with van der Waals surface area (Å²) in [7, 11) is -3.54. The van der Waals surface area contributed by atoms with Gasteiger partial charge in [-0.1, -0.05) is 13.8 Å². The lowest BCUT2D eigenvalue weighted by Gasteiger charge is -2.23. The highest BCUT2D eigenvalue weighted by atomic mass is 32.2. The largest absolute Gasteiger partial charge is 0.330 e. The number of nitrogens with two attached hydrogens (primary N) is 1. The number of rotatable bonds is 7. The van der Waals surface area contributed by atoms with Crippen LogP contribution in [0.5, 0.6) is 0 Å². The molecule has 0 radical (unpaired) electrons. The standard InChI is InChI=1S/C14H23N3O3S/c1-4-17(10-11(2)9-15)21(19,20)14-7-5-13(6-8-14)16-12(3)18/h5-8,11H,4,9-10,15H2,1-3H3,(H,16,18). The number of amides is 1. The van der Waals surface area contributed by atoms with Gasteiger partial charge in [-0.2, -0.15) is 4.31 Å². The first-order chi connectivity index (χ1) is 9.81. The van der Waals surface area contributed by atoms with Crippen molar-refractivity contribution >= 4 is 21.6 Å². The quantitative estimate of drug-likeness (QED) is 0.792. The van der Waals surface area contributed by atoms with Crippen LogP contribution >= 0.6 is 0 Å². The molecule has 0 spiro atoms. The molecule has 7 heteroatoms. The number of nitrogens with zero attached hydrogens (tertiary/aromatic N) is 1. The van der Waals surface area contributed by atoms with E-state index in [9.17, 15) is 13.2 Å². The van der Waals surface area contributed by atoms with Crippen molar-refractivity contribution in [2.75, 3.05) is 25.0 Å². The lowest BCUT2D eigenvalue weighted by molar-refractivity contribution is -0.114. The summed E-state index contributed by atoms with van der Waals surface area (Å²) in [6.07, 6.45) is 0. The Balaban J connectivity index is 2.97. The fourth-order valence-corrected chi connectivity index (χ4v) is 3.45. The zero-order valence-corrected chi connectivity index (χ0v) is 13.5. The first-order valence-electron chi connectivity index (χ1n) is 6.89. The number of carbonyl (C=O) groups is 1. The van der Waals surface area contributed by atoms with Crippen LogP contribution in [0.2, 0.25) is 0 Å². The summed E-state index contributed by atoms with van der Waals surface area (Å²) >= 11 is 0. The average Bonchev–Trinajstić information content (AvgIpc) is 2.44. The topological polar surface area (TPSA) is 92.5 Å². The van der Waals surface area contributed by atoms with Crippen molar-refractivity contribution in [2.45, 2.75) is 25.7 Å². The molecular weight excluding hydrogens is 290 g/mol. The average molecular weight is 313 g/mol. The molecule has 6 nitrogen and oxygen atoms in total. The first kappa shape index (κ1) is 17.6. The second-order valence-electron chi connectivity index (χ2n) is 5.00. The maximum Gasteiger partial charge on any atom is 0.243 e. The Hall–Kier alpha value is -1.44. The van der Waals surface area contributed by atoms with Gasteiger partial charge in [0.25, 0.3) is 0 Å². The predicted octanol–water partition coefficient (Wildman–Crippen LogP) is 1.25. The van der Waals surface area contributed by atoms with E-state index in [2.05, 4.69) is 5.32 Å². The molecule has 0 aliphatic carbocycles. The van der Waals surface area contributed by atoms with E-state index in [4.69, 9.17) is 5.73 Å². The fourth-order valence-electron chi connectivity index (χ4n) is 1.88. The molecule has 1 rings (SSSR count). The molecule has 1 aromatic rings. The summed E-state index contributed by atoms with van der Waals surface area (Å²) in [5.74, 6) is -0.101. The third kappa shape index (κ3) is 4.80. The molecule has 0 aliphatic rings. The van der Waals surface area contributed by atoms with E-state index in [1.165, 1.54) is 23.4 Å². The Morgan fingerprint density at radius 3 is 2.33 bits per heavy atom. The first-order valence-corrected chi connectivity index (χ1v) is 8.33. The molecule has 3 N–H and O–H groups in total. The lowest BCUT2D eigenvalue weighted by atomic mass is 10.2. The van der Waals surface area contributed by atoms with E-state index >= 15 is 0 Å². The maximum absolute atomic E-state index is 12.5. The fraction of sp³-hybridized carbons (Fsp3) is 0.500. The molecule has 0 bridgehead atoms. The summed E-state index contributed by atoms with van der Waals surface area (Å²) in [6.45, 7) is 6.33. The monoisotopic (exact) mass is 313 g/mol. The van der Waals surface area contributed by atoms with Crippen molar-refractivity contribution in [3.63, 3.8) is 0 Å². The van der Waals surface area contributed by atoms with Gasteiger partial charge in [0.1, 0.15) is 0 Å². The summed E-state index contributed by atoms with van der Waals surface area (Å²) in [5, 5.41) is 2.60. The minimum atomic E-state index is -3.54. The molecule has 1 unspecified atom stereocenters. The number of nitrogens with one attached hydrogen (secondary N) is 1. The Morgan fingerprint density at radius 1 is 1.33 bits per heavy atom. The Labute approximate surface area is 126 Å². The molecule has 0 saturated heterocycles. The van der Waals surface area contributed by atoms with Crippen LogP contribution in [0.15, 0.2) is 29.2 Å². The van der Waals surface area contributed by atoms with Crippen LogP contribution < -0.4 is 11.1 Å². The number of hydrogen-bond donors (Lipinski definition) is 2. The molecule has 0 fully saturated rings.